The van der Waals surface area contributed by atoms with Crippen LogP contribution in [0.5, 0.6) is 0 Å². The van der Waals surface area contributed by atoms with Crippen LogP contribution >= 0.6 is 11.6 Å². The molecular formula is C27H28ClN5O3. The SMILES string of the molecule is CCCc1nn(C)cc1C(=O)N1CCCN2C(=O)c3cc(-c4ccc(Cl)cc4)ccc3NC(=O)C2C1. The van der Waals surface area contributed by atoms with E-state index in [2.05, 4.69) is 10.4 Å². The number of carbonyl (C=O) groups is 3. The molecule has 2 aliphatic heterocycles. The highest BCUT2D eigenvalue weighted by molar-refractivity contribution is 6.30. The van der Waals surface area contributed by atoms with Gasteiger partial charge in [-0.1, -0.05) is 43.1 Å². The van der Waals surface area contributed by atoms with Gasteiger partial charge in [0.15, 0.2) is 0 Å². The van der Waals surface area contributed by atoms with Gasteiger partial charge in [-0.3, -0.25) is 19.1 Å². The quantitative estimate of drug-likeness (QED) is 0.580. The average Bonchev–Trinajstić information content (AvgIpc) is 3.04. The van der Waals surface area contributed by atoms with Crippen LogP contribution in [0.3, 0.4) is 0 Å². The molecule has 0 bridgehead atoms. The summed E-state index contributed by atoms with van der Waals surface area (Å²) in [6.45, 7) is 3.03. The summed E-state index contributed by atoms with van der Waals surface area (Å²) in [4.78, 5) is 43.8. The number of hydrogen-bond donors (Lipinski definition) is 1. The standard InChI is InChI=1S/C27H28ClN5O3/c1-3-5-23-21(15-31(2)30-23)26(35)32-12-4-13-33-24(16-32)25(34)29-22-11-8-18(14-20(22)27(33)36)17-6-9-19(28)10-7-17/h6-11,14-15,24H,3-5,12-13,16H2,1-2H3,(H,29,34). The van der Waals surface area contributed by atoms with E-state index < -0.39 is 6.04 Å². The number of hydrogen-bond acceptors (Lipinski definition) is 4. The molecule has 2 aromatic carbocycles. The van der Waals surface area contributed by atoms with Gasteiger partial charge in [0.25, 0.3) is 11.8 Å². The number of fused-ring (bicyclic) bond motifs is 2. The minimum absolute atomic E-state index is 0.134. The zero-order valence-electron chi connectivity index (χ0n) is 20.3. The molecule has 0 radical (unpaired) electrons. The molecular weight excluding hydrogens is 478 g/mol. The number of aryl methyl sites for hydroxylation is 2. The van der Waals surface area contributed by atoms with Crippen LogP contribution in [0.1, 0.15) is 46.2 Å². The number of carbonyl (C=O) groups excluding carboxylic acids is 3. The predicted octanol–water partition coefficient (Wildman–Crippen LogP) is 4.00. The number of nitrogens with zero attached hydrogens (tertiary/aromatic N) is 4. The van der Waals surface area contributed by atoms with Gasteiger partial charge < -0.3 is 15.1 Å². The Balaban J connectivity index is 1.44. The summed E-state index contributed by atoms with van der Waals surface area (Å²) in [6.07, 6.45) is 3.90. The molecule has 3 aromatic rings. The molecule has 3 heterocycles. The Hall–Kier alpha value is -3.65. The van der Waals surface area contributed by atoms with Gasteiger partial charge in [-0.15, -0.1) is 0 Å². The first kappa shape index (κ1) is 24.1. The van der Waals surface area contributed by atoms with E-state index in [9.17, 15) is 14.4 Å². The predicted molar refractivity (Wildman–Crippen MR) is 138 cm³/mol. The van der Waals surface area contributed by atoms with E-state index in [4.69, 9.17) is 11.6 Å². The molecule has 1 N–H and O–H groups in total. The number of halogens is 1. The van der Waals surface area contributed by atoms with Gasteiger partial charge in [-0.2, -0.15) is 5.10 Å². The van der Waals surface area contributed by atoms with E-state index in [1.54, 1.807) is 45.9 Å². The molecule has 9 heteroatoms. The molecule has 1 fully saturated rings. The number of anilines is 1. The molecule has 1 unspecified atom stereocenters. The summed E-state index contributed by atoms with van der Waals surface area (Å²) in [7, 11) is 1.80. The van der Waals surface area contributed by atoms with Crippen molar-refractivity contribution in [1.82, 2.24) is 19.6 Å². The van der Waals surface area contributed by atoms with Crippen LogP contribution in [0.4, 0.5) is 5.69 Å². The van der Waals surface area contributed by atoms with Crippen LogP contribution in [-0.2, 0) is 18.3 Å². The van der Waals surface area contributed by atoms with Crippen LogP contribution in [0, 0.1) is 0 Å². The molecule has 1 aromatic heterocycles. The Morgan fingerprint density at radius 2 is 1.86 bits per heavy atom. The maximum absolute atomic E-state index is 13.7. The van der Waals surface area contributed by atoms with Crippen molar-refractivity contribution < 1.29 is 14.4 Å². The minimum Gasteiger partial charge on any atom is -0.336 e. The highest BCUT2D eigenvalue weighted by Crippen LogP contribution is 2.31. The van der Waals surface area contributed by atoms with Gasteiger partial charge in [-0.05, 0) is 48.2 Å². The Bertz CT molecular complexity index is 1330. The second-order valence-electron chi connectivity index (χ2n) is 9.29. The molecule has 186 valence electrons. The molecule has 2 aliphatic rings. The third-order valence-electron chi connectivity index (χ3n) is 6.76. The monoisotopic (exact) mass is 505 g/mol. The largest absolute Gasteiger partial charge is 0.336 e. The highest BCUT2D eigenvalue weighted by Gasteiger charge is 2.39. The Morgan fingerprint density at radius 1 is 1.11 bits per heavy atom. The Labute approximate surface area is 214 Å². The fourth-order valence-electron chi connectivity index (χ4n) is 4.97. The van der Waals surface area contributed by atoms with Crippen molar-refractivity contribution >= 4 is 35.0 Å². The number of aromatic nitrogens is 2. The van der Waals surface area contributed by atoms with Gasteiger partial charge in [-0.25, -0.2) is 0 Å². The average molecular weight is 506 g/mol. The van der Waals surface area contributed by atoms with Gasteiger partial charge in [0.1, 0.15) is 6.04 Å². The van der Waals surface area contributed by atoms with Gasteiger partial charge in [0.2, 0.25) is 5.91 Å². The lowest BCUT2D eigenvalue weighted by Crippen LogP contribution is -2.50. The van der Waals surface area contributed by atoms with Gasteiger partial charge in [0, 0.05) is 31.4 Å². The van der Waals surface area contributed by atoms with E-state index in [1.807, 2.05) is 31.2 Å². The third-order valence-corrected chi connectivity index (χ3v) is 7.01. The van der Waals surface area contributed by atoms with Crippen molar-refractivity contribution in [3.63, 3.8) is 0 Å². The molecule has 0 spiro atoms. The van der Waals surface area contributed by atoms with Crippen LogP contribution < -0.4 is 5.32 Å². The van der Waals surface area contributed by atoms with Crippen LogP contribution in [0.15, 0.2) is 48.7 Å². The van der Waals surface area contributed by atoms with E-state index in [1.165, 1.54) is 0 Å². The zero-order valence-corrected chi connectivity index (χ0v) is 21.1. The highest BCUT2D eigenvalue weighted by atomic mass is 35.5. The minimum atomic E-state index is -0.776. The molecule has 0 saturated carbocycles. The lowest BCUT2D eigenvalue weighted by atomic mass is 10.0. The lowest BCUT2D eigenvalue weighted by Gasteiger charge is -2.28. The number of rotatable bonds is 4. The third kappa shape index (κ3) is 4.48. The number of nitrogens with one attached hydrogen (secondary N) is 1. The second kappa shape index (κ2) is 9.78. The summed E-state index contributed by atoms with van der Waals surface area (Å²) in [5.74, 6) is -0.659. The summed E-state index contributed by atoms with van der Waals surface area (Å²) >= 11 is 6.02. The Morgan fingerprint density at radius 3 is 2.61 bits per heavy atom. The van der Waals surface area contributed by atoms with E-state index in [0.29, 0.717) is 47.8 Å². The van der Waals surface area contributed by atoms with Crippen LogP contribution in [0.25, 0.3) is 11.1 Å². The summed E-state index contributed by atoms with van der Waals surface area (Å²) in [5.41, 5.74) is 4.02. The number of amides is 3. The molecule has 1 saturated heterocycles. The first-order valence-electron chi connectivity index (χ1n) is 12.2. The molecule has 5 rings (SSSR count). The zero-order chi connectivity index (χ0) is 25.4. The number of benzene rings is 2. The van der Waals surface area contributed by atoms with E-state index in [0.717, 1.165) is 23.2 Å². The van der Waals surface area contributed by atoms with Crippen molar-refractivity contribution in [1.29, 1.82) is 0 Å². The van der Waals surface area contributed by atoms with Crippen molar-refractivity contribution in [2.45, 2.75) is 32.2 Å². The Kier molecular flexibility index (Phi) is 6.53. The molecule has 8 nitrogen and oxygen atoms in total. The van der Waals surface area contributed by atoms with Crippen molar-refractivity contribution in [3.8, 4) is 11.1 Å². The summed E-state index contributed by atoms with van der Waals surface area (Å²) in [5, 5.41) is 8.01. The second-order valence-corrected chi connectivity index (χ2v) is 9.73. The van der Waals surface area contributed by atoms with Crippen LogP contribution in [-0.4, -0.2) is 63.0 Å². The summed E-state index contributed by atoms with van der Waals surface area (Å²) < 4.78 is 1.65. The molecule has 36 heavy (non-hydrogen) atoms. The maximum atomic E-state index is 13.7. The molecule has 1 atom stereocenters. The van der Waals surface area contributed by atoms with Crippen molar-refractivity contribution in [2.24, 2.45) is 7.05 Å². The maximum Gasteiger partial charge on any atom is 0.257 e. The molecule has 3 amide bonds. The first-order valence-corrected chi connectivity index (χ1v) is 12.6. The smallest absolute Gasteiger partial charge is 0.257 e. The van der Waals surface area contributed by atoms with Crippen LogP contribution in [0.2, 0.25) is 5.02 Å². The fraction of sp³-hybridized carbons (Fsp3) is 0.333. The van der Waals surface area contributed by atoms with Gasteiger partial charge >= 0.3 is 0 Å². The van der Waals surface area contributed by atoms with E-state index in [-0.39, 0.29) is 24.3 Å². The lowest BCUT2D eigenvalue weighted by molar-refractivity contribution is -0.120. The normalized spacial score (nSPS) is 17.7. The topological polar surface area (TPSA) is 87.5 Å². The van der Waals surface area contributed by atoms with Crippen molar-refractivity contribution in [2.75, 3.05) is 25.0 Å². The fourth-order valence-corrected chi connectivity index (χ4v) is 5.09. The van der Waals surface area contributed by atoms with E-state index >= 15 is 0 Å². The molecule has 0 aliphatic carbocycles. The van der Waals surface area contributed by atoms with Gasteiger partial charge in [0.05, 0.1) is 29.1 Å². The van der Waals surface area contributed by atoms with Crippen molar-refractivity contribution in [3.05, 3.63) is 70.5 Å². The summed E-state index contributed by atoms with van der Waals surface area (Å²) in [6, 6.07) is 12.1. The first-order chi connectivity index (χ1) is 17.4.